The second-order valence-corrected chi connectivity index (χ2v) is 1.87. The molecule has 0 atom stereocenters. The first-order valence-corrected chi connectivity index (χ1v) is 4.04. The molecule has 0 N–H and O–H groups in total. The summed E-state index contributed by atoms with van der Waals surface area (Å²) in [5.74, 6) is 0. The van der Waals surface area contributed by atoms with Gasteiger partial charge in [-0.1, -0.05) is 10.2 Å². The lowest BCUT2D eigenvalue weighted by atomic mass is 11.2. The van der Waals surface area contributed by atoms with Crippen LogP contribution >= 0.6 is 0 Å². The van der Waals surface area contributed by atoms with Gasteiger partial charge in [-0.25, -0.2) is 0 Å². The van der Waals surface area contributed by atoms with E-state index in [2.05, 4.69) is 15.4 Å². The summed E-state index contributed by atoms with van der Waals surface area (Å²) < 4.78 is 4.91. The summed E-state index contributed by atoms with van der Waals surface area (Å²) in [4.78, 5) is 0. The van der Waals surface area contributed by atoms with Gasteiger partial charge in [0.2, 0.25) is 9.76 Å². The molecule has 0 amide bonds. The molecule has 0 radical (unpaired) electrons. The number of amidine groups is 1. The molecule has 0 bridgehead atoms. The monoisotopic (exact) mass is 115 g/mol. The van der Waals surface area contributed by atoms with E-state index in [-0.39, 0.29) is 9.76 Å². The van der Waals surface area contributed by atoms with Crippen molar-refractivity contribution in [3.05, 3.63) is 0 Å². The minimum Gasteiger partial charge on any atom is -0.521 e. The zero-order chi connectivity index (χ0) is 5.11. The fourth-order valence-corrected chi connectivity index (χ4v) is 0.642. The highest BCUT2D eigenvalue weighted by Crippen LogP contribution is 1.96. The van der Waals surface area contributed by atoms with Gasteiger partial charge in [0.1, 0.15) is 0 Å². The van der Waals surface area contributed by atoms with Gasteiger partial charge in [-0.2, -0.15) is 0 Å². The van der Waals surface area contributed by atoms with E-state index in [1.807, 2.05) is 6.55 Å². The van der Waals surface area contributed by atoms with E-state index in [0.717, 1.165) is 0 Å². The normalized spacial score (nSPS) is 17.0. The molecule has 1 heterocycles. The van der Waals surface area contributed by atoms with Crippen molar-refractivity contribution in [3.8, 4) is 0 Å². The predicted octanol–water partition coefficient (Wildman–Crippen LogP) is -0.128. The Morgan fingerprint density at radius 1 is 1.71 bits per heavy atom. The SMILES string of the molecule is C[SiH2]OC1=NN=N1. The second kappa shape index (κ2) is 1.83. The third kappa shape index (κ3) is 0.832. The Morgan fingerprint density at radius 3 is 2.57 bits per heavy atom. The van der Waals surface area contributed by atoms with Crippen LogP contribution < -0.4 is 0 Å². The Balaban J connectivity index is 2.17. The molecule has 7 heavy (non-hydrogen) atoms. The van der Waals surface area contributed by atoms with Crippen molar-refractivity contribution in [2.45, 2.75) is 6.55 Å². The van der Waals surface area contributed by atoms with Crippen molar-refractivity contribution in [1.29, 1.82) is 0 Å². The molecule has 0 fully saturated rings. The van der Waals surface area contributed by atoms with Crippen molar-refractivity contribution >= 4 is 15.8 Å². The van der Waals surface area contributed by atoms with Crippen LogP contribution in [0.1, 0.15) is 0 Å². The average Bonchev–Trinajstić information content (AvgIpc) is 1.55. The molecule has 4 nitrogen and oxygen atoms in total. The van der Waals surface area contributed by atoms with Crippen LogP contribution in [-0.4, -0.2) is 15.8 Å². The van der Waals surface area contributed by atoms with Crippen molar-refractivity contribution in [3.63, 3.8) is 0 Å². The molecule has 1 aliphatic heterocycles. The van der Waals surface area contributed by atoms with Gasteiger partial charge in [0.25, 0.3) is 0 Å². The third-order valence-corrected chi connectivity index (χ3v) is 1.08. The van der Waals surface area contributed by atoms with Gasteiger partial charge in [0.05, 0.1) is 0 Å². The highest BCUT2D eigenvalue weighted by Gasteiger charge is 2.00. The van der Waals surface area contributed by atoms with Crippen LogP contribution in [0.5, 0.6) is 0 Å². The number of nitrogens with zero attached hydrogens (tertiary/aromatic N) is 3. The summed E-state index contributed by atoms with van der Waals surface area (Å²) >= 11 is 0. The summed E-state index contributed by atoms with van der Waals surface area (Å²) in [6.07, 6.45) is 0. The van der Waals surface area contributed by atoms with Crippen LogP contribution in [0.2, 0.25) is 6.55 Å². The lowest BCUT2D eigenvalue weighted by Crippen LogP contribution is -2.05. The lowest BCUT2D eigenvalue weighted by Gasteiger charge is -2.00. The Labute approximate surface area is 43.2 Å². The molecule has 0 aromatic heterocycles. The standard InChI is InChI=1S/C2H5N3OSi/c1-7-6-2-3-5-4-2/h7H2,1H3. The Hall–Kier alpha value is -0.713. The topological polar surface area (TPSA) is 46.3 Å². The predicted molar refractivity (Wildman–Crippen MR) is 27.8 cm³/mol. The molecular weight excluding hydrogens is 110 g/mol. The molecule has 1 rings (SSSR count). The lowest BCUT2D eigenvalue weighted by molar-refractivity contribution is 0.554. The fourth-order valence-electron chi connectivity index (χ4n) is 0.268. The van der Waals surface area contributed by atoms with Crippen LogP contribution in [-0.2, 0) is 4.43 Å². The zero-order valence-corrected chi connectivity index (χ0v) is 5.37. The molecular formula is C2H5N3OSi. The van der Waals surface area contributed by atoms with Crippen molar-refractivity contribution in [2.75, 3.05) is 0 Å². The van der Waals surface area contributed by atoms with Gasteiger partial charge in [-0.15, -0.1) is 0 Å². The van der Waals surface area contributed by atoms with E-state index >= 15 is 0 Å². The minimum atomic E-state index is -0.378. The third-order valence-electron chi connectivity index (χ3n) is 0.534. The molecule has 0 saturated carbocycles. The summed E-state index contributed by atoms with van der Waals surface area (Å²) in [6.45, 7) is 2.01. The highest BCUT2D eigenvalue weighted by molar-refractivity contribution is 6.28. The summed E-state index contributed by atoms with van der Waals surface area (Å²) in [5.41, 5.74) is 0. The van der Waals surface area contributed by atoms with Crippen LogP contribution in [0.4, 0.5) is 0 Å². The first-order chi connectivity index (χ1) is 3.43. The summed E-state index contributed by atoms with van der Waals surface area (Å²) in [7, 11) is -0.378. The molecule has 0 aliphatic carbocycles. The highest BCUT2D eigenvalue weighted by atomic mass is 28.2. The number of rotatable bonds is 1. The molecule has 0 aromatic carbocycles. The molecule has 0 spiro atoms. The van der Waals surface area contributed by atoms with E-state index in [1.165, 1.54) is 0 Å². The van der Waals surface area contributed by atoms with E-state index in [1.54, 1.807) is 0 Å². The van der Waals surface area contributed by atoms with Gasteiger partial charge in [-0.05, 0) is 11.8 Å². The number of hydrogen-bond acceptors (Lipinski definition) is 4. The number of hydrogen-bond donors (Lipinski definition) is 0. The fraction of sp³-hybridized carbons (Fsp3) is 0.500. The largest absolute Gasteiger partial charge is 0.521 e. The van der Waals surface area contributed by atoms with E-state index in [9.17, 15) is 0 Å². The Bertz CT molecular complexity index is 120. The first kappa shape index (κ1) is 4.45. The zero-order valence-electron chi connectivity index (χ0n) is 3.96. The van der Waals surface area contributed by atoms with Gasteiger partial charge < -0.3 is 4.43 Å². The van der Waals surface area contributed by atoms with E-state index in [4.69, 9.17) is 4.43 Å². The molecule has 0 saturated heterocycles. The van der Waals surface area contributed by atoms with Crippen molar-refractivity contribution in [1.82, 2.24) is 0 Å². The van der Waals surface area contributed by atoms with Crippen LogP contribution in [0.25, 0.3) is 0 Å². The molecule has 1 aliphatic rings. The van der Waals surface area contributed by atoms with E-state index < -0.39 is 0 Å². The second-order valence-electron chi connectivity index (χ2n) is 1.01. The molecule has 0 aromatic rings. The van der Waals surface area contributed by atoms with Crippen LogP contribution in [0, 0.1) is 0 Å². The Kier molecular flexibility index (Phi) is 1.16. The van der Waals surface area contributed by atoms with Crippen LogP contribution in [0.3, 0.4) is 0 Å². The first-order valence-electron chi connectivity index (χ1n) is 2.05. The summed E-state index contributed by atoms with van der Waals surface area (Å²) in [5, 5.41) is 10.1. The minimum absolute atomic E-state index is 0.378. The average molecular weight is 115 g/mol. The Morgan fingerprint density at radius 2 is 2.43 bits per heavy atom. The van der Waals surface area contributed by atoms with Gasteiger partial charge in [-0.3, -0.25) is 0 Å². The van der Waals surface area contributed by atoms with Crippen molar-refractivity contribution < 1.29 is 4.43 Å². The summed E-state index contributed by atoms with van der Waals surface area (Å²) in [6, 6.07) is 0.453. The molecule has 0 unspecified atom stereocenters. The smallest absolute Gasteiger partial charge is 0.343 e. The maximum atomic E-state index is 4.91. The maximum absolute atomic E-state index is 4.91. The maximum Gasteiger partial charge on any atom is 0.343 e. The van der Waals surface area contributed by atoms with Crippen LogP contribution in [0.15, 0.2) is 15.4 Å². The quantitative estimate of drug-likeness (QED) is 0.439. The van der Waals surface area contributed by atoms with Gasteiger partial charge in [0.15, 0.2) is 0 Å². The molecule has 5 heteroatoms. The van der Waals surface area contributed by atoms with E-state index in [0.29, 0.717) is 6.02 Å². The molecule has 38 valence electrons. The van der Waals surface area contributed by atoms with Gasteiger partial charge >= 0.3 is 6.02 Å². The van der Waals surface area contributed by atoms with Crippen molar-refractivity contribution in [2.24, 2.45) is 15.4 Å². The van der Waals surface area contributed by atoms with Gasteiger partial charge in [0, 0.05) is 0 Å².